The van der Waals surface area contributed by atoms with Crippen molar-refractivity contribution in [2.45, 2.75) is 20.8 Å². The maximum Gasteiger partial charge on any atom is 0.358 e. The van der Waals surface area contributed by atoms with Crippen molar-refractivity contribution in [1.82, 2.24) is 0 Å². The van der Waals surface area contributed by atoms with Gasteiger partial charge in [-0.1, -0.05) is 0 Å². The van der Waals surface area contributed by atoms with Crippen LogP contribution in [0.15, 0.2) is 11.0 Å². The van der Waals surface area contributed by atoms with Crippen LogP contribution >= 0.6 is 7.60 Å². The molecule has 0 aromatic carbocycles. The van der Waals surface area contributed by atoms with Gasteiger partial charge in [-0.3, -0.25) is 4.57 Å². The maximum atomic E-state index is 12.2. The highest BCUT2D eigenvalue weighted by Gasteiger charge is 2.28. The molecule has 0 atom stereocenters. The quantitative estimate of drug-likeness (QED) is 0.705. The van der Waals surface area contributed by atoms with Crippen molar-refractivity contribution in [1.29, 1.82) is 0 Å². The number of rotatable bonds is 6. The Morgan fingerprint density at radius 1 is 1.36 bits per heavy atom. The van der Waals surface area contributed by atoms with Crippen LogP contribution in [-0.2, 0) is 13.6 Å². The van der Waals surface area contributed by atoms with Gasteiger partial charge < -0.3 is 14.8 Å². The summed E-state index contributed by atoms with van der Waals surface area (Å²) in [6.07, 6.45) is 0. The van der Waals surface area contributed by atoms with Crippen molar-refractivity contribution in [3.63, 3.8) is 0 Å². The van der Waals surface area contributed by atoms with Crippen molar-refractivity contribution >= 4 is 7.60 Å². The topological polar surface area (TPSA) is 61.5 Å². The maximum absolute atomic E-state index is 12.2. The average molecular weight is 225 g/mol. The van der Waals surface area contributed by atoms with E-state index in [0.29, 0.717) is 0 Å². The first kappa shape index (κ1) is 13.6. The molecule has 84 valence electrons. The van der Waals surface area contributed by atoms with Crippen LogP contribution < -0.4 is 5.73 Å². The van der Waals surface area contributed by atoms with Crippen molar-refractivity contribution in [3.8, 4) is 0 Å². The number of alkyl halides is 1. The molecule has 6 heteroatoms. The molecule has 0 bridgehead atoms. The standard InChI is InChI=1S/C8H17FNO3P/c1-4-12-14(11,13-5-2)7(3)8(10)6-9/h4-6,10H2,1-3H3/b8-7-. The Bertz CT molecular complexity index is 245. The number of nitrogens with two attached hydrogens (primary N) is 1. The van der Waals surface area contributed by atoms with Crippen LogP contribution in [0, 0.1) is 0 Å². The van der Waals surface area contributed by atoms with Gasteiger partial charge in [-0.15, -0.1) is 0 Å². The fourth-order valence-corrected chi connectivity index (χ4v) is 2.40. The minimum Gasteiger partial charge on any atom is -0.399 e. The van der Waals surface area contributed by atoms with E-state index in [0.717, 1.165) is 0 Å². The molecule has 0 amide bonds. The van der Waals surface area contributed by atoms with Crippen LogP contribution in [-0.4, -0.2) is 19.9 Å². The van der Waals surface area contributed by atoms with Crippen molar-refractivity contribution in [2.75, 3.05) is 19.9 Å². The molecule has 0 radical (unpaired) electrons. The second-order valence-corrected chi connectivity index (χ2v) is 4.76. The summed E-state index contributed by atoms with van der Waals surface area (Å²) in [5, 5.41) is 0.156. The molecule has 4 nitrogen and oxygen atoms in total. The van der Waals surface area contributed by atoms with Gasteiger partial charge in [0.15, 0.2) is 0 Å². The van der Waals surface area contributed by atoms with E-state index in [1.807, 2.05) is 0 Å². The van der Waals surface area contributed by atoms with Crippen LogP contribution in [0.4, 0.5) is 4.39 Å². The van der Waals surface area contributed by atoms with Crippen LogP contribution in [0.2, 0.25) is 0 Å². The molecule has 0 saturated carbocycles. The first-order chi connectivity index (χ1) is 6.51. The van der Waals surface area contributed by atoms with Gasteiger partial charge in [-0.05, 0) is 20.8 Å². The van der Waals surface area contributed by atoms with E-state index in [9.17, 15) is 8.96 Å². The summed E-state index contributed by atoms with van der Waals surface area (Å²) in [6.45, 7) is 4.44. The molecule has 0 fully saturated rings. The van der Waals surface area contributed by atoms with Gasteiger partial charge in [0.05, 0.1) is 24.2 Å². The smallest absolute Gasteiger partial charge is 0.358 e. The van der Waals surface area contributed by atoms with Crippen molar-refractivity contribution < 1.29 is 18.0 Å². The Labute approximate surface area is 83.8 Å². The molecule has 0 aromatic rings. The molecule has 0 unspecified atom stereocenters. The fraction of sp³-hybridized carbons (Fsp3) is 0.750. The third-order valence-corrected chi connectivity index (χ3v) is 3.92. The zero-order chi connectivity index (χ0) is 11.2. The molecule has 2 N–H and O–H groups in total. The summed E-state index contributed by atoms with van der Waals surface area (Å²) in [5.74, 6) is 0. The largest absolute Gasteiger partial charge is 0.399 e. The third-order valence-electron chi connectivity index (χ3n) is 1.62. The van der Waals surface area contributed by atoms with Gasteiger partial charge in [-0.25, -0.2) is 4.39 Å². The molecule has 0 aromatic heterocycles. The van der Waals surface area contributed by atoms with E-state index in [-0.39, 0.29) is 24.2 Å². The van der Waals surface area contributed by atoms with Gasteiger partial charge in [0, 0.05) is 0 Å². The Morgan fingerprint density at radius 3 is 2.07 bits per heavy atom. The number of hydrogen-bond acceptors (Lipinski definition) is 4. The minimum atomic E-state index is -3.37. The van der Waals surface area contributed by atoms with Gasteiger partial charge in [0.2, 0.25) is 0 Å². The lowest BCUT2D eigenvalue weighted by Crippen LogP contribution is -2.06. The lowest BCUT2D eigenvalue weighted by atomic mass is 10.5. The van der Waals surface area contributed by atoms with Crippen LogP contribution in [0.5, 0.6) is 0 Å². The van der Waals surface area contributed by atoms with Crippen LogP contribution in [0.1, 0.15) is 20.8 Å². The van der Waals surface area contributed by atoms with E-state index in [4.69, 9.17) is 14.8 Å². The molecular formula is C8H17FNO3P. The molecule has 0 aliphatic rings. The van der Waals surface area contributed by atoms with E-state index in [2.05, 4.69) is 0 Å². The first-order valence-electron chi connectivity index (χ1n) is 4.42. The summed E-state index contributed by atoms with van der Waals surface area (Å²) in [6, 6.07) is 0. The molecule has 0 rings (SSSR count). The molecule has 0 saturated heterocycles. The van der Waals surface area contributed by atoms with Crippen molar-refractivity contribution in [2.24, 2.45) is 5.73 Å². The predicted molar refractivity (Wildman–Crippen MR) is 53.7 cm³/mol. The van der Waals surface area contributed by atoms with E-state index >= 15 is 0 Å². The Balaban J connectivity index is 4.91. The highest BCUT2D eigenvalue weighted by atomic mass is 31.2. The Morgan fingerprint density at radius 2 is 1.79 bits per heavy atom. The highest BCUT2D eigenvalue weighted by Crippen LogP contribution is 2.56. The summed E-state index contributed by atoms with van der Waals surface area (Å²) >= 11 is 0. The van der Waals surface area contributed by atoms with Gasteiger partial charge in [-0.2, -0.15) is 0 Å². The Kier molecular flexibility index (Phi) is 6.00. The molecule has 0 heterocycles. The monoisotopic (exact) mass is 225 g/mol. The van der Waals surface area contributed by atoms with Gasteiger partial charge in [0.1, 0.15) is 6.67 Å². The van der Waals surface area contributed by atoms with Crippen molar-refractivity contribution in [3.05, 3.63) is 11.0 Å². The summed E-state index contributed by atoms with van der Waals surface area (Å²) in [4.78, 5) is 0. The SMILES string of the molecule is CCOP(=O)(OCC)/C(C)=C(\N)CF. The van der Waals surface area contributed by atoms with E-state index < -0.39 is 14.3 Å². The number of halogens is 1. The molecule has 0 aliphatic carbocycles. The second-order valence-electron chi connectivity index (χ2n) is 2.58. The number of hydrogen-bond donors (Lipinski definition) is 1. The van der Waals surface area contributed by atoms with Crippen LogP contribution in [0.3, 0.4) is 0 Å². The lowest BCUT2D eigenvalue weighted by Gasteiger charge is -2.18. The summed E-state index contributed by atoms with van der Waals surface area (Å²) in [5.41, 5.74) is 5.25. The third kappa shape index (κ3) is 3.40. The zero-order valence-electron chi connectivity index (χ0n) is 8.75. The van der Waals surface area contributed by atoms with E-state index in [1.165, 1.54) is 6.92 Å². The zero-order valence-corrected chi connectivity index (χ0v) is 9.64. The van der Waals surface area contributed by atoms with Crippen LogP contribution in [0.25, 0.3) is 0 Å². The number of allylic oxidation sites excluding steroid dienone is 2. The first-order valence-corrected chi connectivity index (χ1v) is 5.97. The molecule has 0 spiro atoms. The van der Waals surface area contributed by atoms with Gasteiger partial charge >= 0.3 is 7.60 Å². The highest BCUT2D eigenvalue weighted by molar-refractivity contribution is 7.58. The normalized spacial score (nSPS) is 14.0. The average Bonchev–Trinajstić information content (AvgIpc) is 2.16. The molecule has 0 aliphatic heterocycles. The van der Waals surface area contributed by atoms with E-state index in [1.54, 1.807) is 13.8 Å². The lowest BCUT2D eigenvalue weighted by molar-refractivity contribution is 0.226. The minimum absolute atomic E-state index is 0.0877. The molecular weight excluding hydrogens is 208 g/mol. The fourth-order valence-electron chi connectivity index (χ4n) is 0.843. The predicted octanol–water partition coefficient (Wildman–Crippen LogP) is 2.41. The Hall–Kier alpha value is -0.380. The molecule has 14 heavy (non-hydrogen) atoms. The second kappa shape index (κ2) is 6.17. The summed E-state index contributed by atoms with van der Waals surface area (Å²) < 4.78 is 34.2. The van der Waals surface area contributed by atoms with Gasteiger partial charge in [0.25, 0.3) is 0 Å². The summed E-state index contributed by atoms with van der Waals surface area (Å²) in [7, 11) is -3.37.